The molecule has 1 heterocycles. The first kappa shape index (κ1) is 12.9. The van der Waals surface area contributed by atoms with E-state index in [1.807, 2.05) is 6.92 Å². The van der Waals surface area contributed by atoms with E-state index >= 15 is 0 Å². The molecular formula is C12H14FN3OS. The van der Waals surface area contributed by atoms with Gasteiger partial charge >= 0.3 is 0 Å². The van der Waals surface area contributed by atoms with E-state index in [2.05, 4.69) is 10.2 Å². The van der Waals surface area contributed by atoms with Gasteiger partial charge in [0.1, 0.15) is 10.0 Å². The summed E-state index contributed by atoms with van der Waals surface area (Å²) in [6, 6.07) is 4.61. The largest absolute Gasteiger partial charge is 0.494 e. The number of aromatic nitrogens is 2. The van der Waals surface area contributed by atoms with Gasteiger partial charge in [0.05, 0.1) is 13.2 Å². The van der Waals surface area contributed by atoms with Crippen molar-refractivity contribution in [3.05, 3.63) is 29.0 Å². The fourth-order valence-corrected chi connectivity index (χ4v) is 2.40. The van der Waals surface area contributed by atoms with Crippen LogP contribution in [-0.4, -0.2) is 17.3 Å². The molecule has 0 aliphatic rings. The van der Waals surface area contributed by atoms with E-state index in [0.717, 1.165) is 11.4 Å². The lowest BCUT2D eigenvalue weighted by Gasteiger charge is -2.02. The molecule has 0 saturated heterocycles. The molecule has 4 nitrogen and oxygen atoms in total. The zero-order valence-electron chi connectivity index (χ0n) is 10.2. The third-order valence-corrected chi connectivity index (χ3v) is 3.70. The van der Waals surface area contributed by atoms with Gasteiger partial charge in [0.2, 0.25) is 0 Å². The molecule has 0 amide bonds. The second kappa shape index (κ2) is 5.41. The Hall–Kier alpha value is -1.53. The highest BCUT2D eigenvalue weighted by molar-refractivity contribution is 7.14. The summed E-state index contributed by atoms with van der Waals surface area (Å²) in [7, 11) is 1.43. The Morgan fingerprint density at radius 3 is 2.83 bits per heavy atom. The Balaban J connectivity index is 2.31. The Morgan fingerprint density at radius 1 is 1.44 bits per heavy atom. The first-order valence-corrected chi connectivity index (χ1v) is 6.40. The second-order valence-corrected chi connectivity index (χ2v) is 4.82. The molecule has 1 aromatic carbocycles. The summed E-state index contributed by atoms with van der Waals surface area (Å²) in [5.74, 6) is -0.194. The lowest BCUT2D eigenvalue weighted by Crippen LogP contribution is -2.07. The van der Waals surface area contributed by atoms with Crippen molar-refractivity contribution in [3.8, 4) is 16.3 Å². The molecule has 0 spiro atoms. The molecule has 1 atom stereocenters. The van der Waals surface area contributed by atoms with E-state index in [9.17, 15) is 4.39 Å². The van der Waals surface area contributed by atoms with Crippen LogP contribution in [0.4, 0.5) is 4.39 Å². The monoisotopic (exact) mass is 267 g/mol. The average molecular weight is 267 g/mol. The van der Waals surface area contributed by atoms with Crippen molar-refractivity contribution in [2.45, 2.75) is 19.4 Å². The smallest absolute Gasteiger partial charge is 0.165 e. The van der Waals surface area contributed by atoms with E-state index in [4.69, 9.17) is 10.5 Å². The number of benzene rings is 1. The van der Waals surface area contributed by atoms with Crippen LogP contribution in [0.25, 0.3) is 10.6 Å². The summed E-state index contributed by atoms with van der Waals surface area (Å²) in [6.07, 6.45) is 0.797. The zero-order valence-corrected chi connectivity index (χ0v) is 11.0. The van der Waals surface area contributed by atoms with Crippen molar-refractivity contribution in [2.75, 3.05) is 7.11 Å². The zero-order chi connectivity index (χ0) is 13.1. The van der Waals surface area contributed by atoms with Gasteiger partial charge in [-0.25, -0.2) is 4.39 Å². The summed E-state index contributed by atoms with van der Waals surface area (Å²) >= 11 is 1.39. The normalized spacial score (nSPS) is 12.4. The van der Waals surface area contributed by atoms with Crippen molar-refractivity contribution < 1.29 is 9.13 Å². The number of nitrogens with zero attached hydrogens (tertiary/aromatic N) is 2. The van der Waals surface area contributed by atoms with E-state index in [0.29, 0.717) is 10.6 Å². The van der Waals surface area contributed by atoms with Gasteiger partial charge in [-0.2, -0.15) is 0 Å². The Bertz CT molecular complexity index is 544. The topological polar surface area (TPSA) is 61.0 Å². The summed E-state index contributed by atoms with van der Waals surface area (Å²) < 4.78 is 18.4. The Morgan fingerprint density at radius 2 is 2.22 bits per heavy atom. The molecule has 0 aliphatic heterocycles. The summed E-state index contributed by atoms with van der Waals surface area (Å²) in [5.41, 5.74) is 6.56. The molecule has 0 saturated carbocycles. The fraction of sp³-hybridized carbons (Fsp3) is 0.333. The number of methoxy groups -OCH3 is 1. The SMILES string of the molecule is CCC(N)c1nnc(-c2ccc(OC)c(F)c2)s1. The lowest BCUT2D eigenvalue weighted by molar-refractivity contribution is 0.386. The highest BCUT2D eigenvalue weighted by atomic mass is 32.1. The van der Waals surface area contributed by atoms with Crippen LogP contribution in [0.3, 0.4) is 0 Å². The van der Waals surface area contributed by atoms with E-state index in [1.54, 1.807) is 12.1 Å². The number of hydrogen-bond donors (Lipinski definition) is 1. The second-order valence-electron chi connectivity index (χ2n) is 3.81. The first-order valence-electron chi connectivity index (χ1n) is 5.58. The van der Waals surface area contributed by atoms with Crippen molar-refractivity contribution in [1.82, 2.24) is 10.2 Å². The standard InChI is InChI=1S/C12H14FN3OS/c1-3-9(14)12-16-15-11(18-12)7-4-5-10(17-2)8(13)6-7/h4-6,9H,3,14H2,1-2H3. The molecule has 18 heavy (non-hydrogen) atoms. The summed E-state index contributed by atoms with van der Waals surface area (Å²) in [6.45, 7) is 1.98. The van der Waals surface area contributed by atoms with Crippen molar-refractivity contribution in [2.24, 2.45) is 5.73 Å². The van der Waals surface area contributed by atoms with E-state index in [-0.39, 0.29) is 11.8 Å². The number of ether oxygens (including phenoxy) is 1. The minimum Gasteiger partial charge on any atom is -0.494 e. The van der Waals surface area contributed by atoms with Gasteiger partial charge in [-0.05, 0) is 24.6 Å². The van der Waals surface area contributed by atoms with E-state index < -0.39 is 5.82 Å². The molecule has 1 aromatic heterocycles. The molecule has 0 fully saturated rings. The van der Waals surface area contributed by atoms with Gasteiger partial charge in [0, 0.05) is 5.56 Å². The van der Waals surface area contributed by atoms with Crippen LogP contribution in [0, 0.1) is 5.82 Å². The van der Waals surface area contributed by atoms with Crippen molar-refractivity contribution in [3.63, 3.8) is 0 Å². The number of nitrogens with two attached hydrogens (primary N) is 1. The molecule has 1 unspecified atom stereocenters. The first-order chi connectivity index (χ1) is 8.65. The number of halogens is 1. The van der Waals surface area contributed by atoms with Crippen molar-refractivity contribution in [1.29, 1.82) is 0 Å². The predicted molar refractivity (Wildman–Crippen MR) is 69.1 cm³/mol. The van der Waals surface area contributed by atoms with Gasteiger partial charge in [-0.15, -0.1) is 10.2 Å². The molecule has 2 rings (SSSR count). The quantitative estimate of drug-likeness (QED) is 0.925. The van der Waals surface area contributed by atoms with Gasteiger partial charge < -0.3 is 10.5 Å². The van der Waals surface area contributed by atoms with Gasteiger partial charge in [-0.1, -0.05) is 18.3 Å². The minimum absolute atomic E-state index is 0.112. The Labute approximate surface area is 109 Å². The molecule has 6 heteroatoms. The highest BCUT2D eigenvalue weighted by Gasteiger charge is 2.13. The maximum absolute atomic E-state index is 13.6. The van der Waals surface area contributed by atoms with E-state index in [1.165, 1.54) is 24.5 Å². The van der Waals surface area contributed by atoms with Crippen molar-refractivity contribution >= 4 is 11.3 Å². The lowest BCUT2D eigenvalue weighted by atomic mass is 10.2. The third-order valence-electron chi connectivity index (χ3n) is 2.60. The minimum atomic E-state index is -0.411. The van der Waals surface area contributed by atoms with Gasteiger partial charge in [0.25, 0.3) is 0 Å². The molecule has 2 aromatic rings. The van der Waals surface area contributed by atoms with Crippen LogP contribution >= 0.6 is 11.3 Å². The molecule has 96 valence electrons. The fourth-order valence-electron chi connectivity index (χ4n) is 1.48. The van der Waals surface area contributed by atoms with Gasteiger partial charge in [0.15, 0.2) is 11.6 Å². The molecule has 0 aliphatic carbocycles. The molecule has 0 bridgehead atoms. The van der Waals surface area contributed by atoms with Gasteiger partial charge in [-0.3, -0.25) is 0 Å². The van der Waals surface area contributed by atoms with Crippen LogP contribution in [0.2, 0.25) is 0 Å². The summed E-state index contributed by atoms with van der Waals surface area (Å²) in [4.78, 5) is 0. The van der Waals surface area contributed by atoms with Crippen LogP contribution < -0.4 is 10.5 Å². The van der Waals surface area contributed by atoms with Crippen LogP contribution in [-0.2, 0) is 0 Å². The predicted octanol–water partition coefficient (Wildman–Crippen LogP) is 2.76. The summed E-state index contributed by atoms with van der Waals surface area (Å²) in [5, 5.41) is 9.49. The maximum Gasteiger partial charge on any atom is 0.165 e. The van der Waals surface area contributed by atoms with Crippen LogP contribution in [0.1, 0.15) is 24.4 Å². The molecule has 0 radical (unpaired) electrons. The number of hydrogen-bond acceptors (Lipinski definition) is 5. The van der Waals surface area contributed by atoms with Crippen LogP contribution in [0.15, 0.2) is 18.2 Å². The average Bonchev–Trinajstić information content (AvgIpc) is 2.87. The maximum atomic E-state index is 13.6. The van der Waals surface area contributed by atoms with Crippen LogP contribution in [0.5, 0.6) is 5.75 Å². The highest BCUT2D eigenvalue weighted by Crippen LogP contribution is 2.29. The Kier molecular flexibility index (Phi) is 3.88. The molecular weight excluding hydrogens is 253 g/mol. The number of rotatable bonds is 4. The third kappa shape index (κ3) is 2.49. The molecule has 2 N–H and O–H groups in total.